The van der Waals surface area contributed by atoms with Crippen molar-refractivity contribution in [3.05, 3.63) is 63.6 Å². The van der Waals surface area contributed by atoms with E-state index in [0.717, 1.165) is 6.42 Å². The summed E-state index contributed by atoms with van der Waals surface area (Å²) in [5, 5.41) is 32.4. The lowest BCUT2D eigenvalue weighted by atomic mass is 9.89. The van der Waals surface area contributed by atoms with Gasteiger partial charge in [0, 0.05) is 5.02 Å². The number of anilines is 1. The molecule has 0 saturated heterocycles. The maximum Gasteiger partial charge on any atom is 0.417 e. The normalized spacial score (nSPS) is 12.9. The highest BCUT2D eigenvalue weighted by Gasteiger charge is 2.31. The lowest BCUT2D eigenvalue weighted by Gasteiger charge is -2.19. The molecule has 1 unspecified atom stereocenters. The van der Waals surface area contributed by atoms with Crippen LogP contribution in [0.5, 0.6) is 5.75 Å². The highest BCUT2D eigenvalue weighted by atomic mass is 35.5. The molecule has 1 atom stereocenters. The quantitative estimate of drug-likeness (QED) is 0.405. The third kappa shape index (κ3) is 6.23. The predicted molar refractivity (Wildman–Crippen MR) is 116 cm³/mol. The van der Waals surface area contributed by atoms with Gasteiger partial charge in [-0.3, -0.25) is 5.32 Å². The number of rotatable bonds is 7. The fourth-order valence-corrected chi connectivity index (χ4v) is 3.02. The smallest absolute Gasteiger partial charge is 0.410 e. The van der Waals surface area contributed by atoms with Gasteiger partial charge in [0.25, 0.3) is 0 Å². The van der Waals surface area contributed by atoms with Crippen LogP contribution in [-0.4, -0.2) is 16.8 Å². The molecule has 0 aromatic heterocycles. The second-order valence-electron chi connectivity index (χ2n) is 6.45. The van der Waals surface area contributed by atoms with Crippen LogP contribution in [0.2, 0.25) is 10.0 Å². The van der Waals surface area contributed by atoms with Crippen molar-refractivity contribution in [2.75, 3.05) is 5.32 Å². The highest BCUT2D eigenvalue weighted by molar-refractivity contribution is 6.36. The van der Waals surface area contributed by atoms with E-state index in [-0.39, 0.29) is 22.8 Å². The van der Waals surface area contributed by atoms with E-state index in [2.05, 4.69) is 5.32 Å². The first-order chi connectivity index (χ1) is 14.3. The first-order valence-electron chi connectivity index (χ1n) is 9.11. The average molecular weight is 444 g/mol. The maximum atomic E-state index is 12.0. The highest BCUT2D eigenvalue weighted by Crippen LogP contribution is 2.27. The summed E-state index contributed by atoms with van der Waals surface area (Å²) in [6.07, 6.45) is 2.28. The summed E-state index contributed by atoms with van der Waals surface area (Å²) in [6, 6.07) is 14.6. The Morgan fingerprint density at radius 2 is 1.93 bits per heavy atom. The van der Waals surface area contributed by atoms with Gasteiger partial charge in [-0.15, -0.1) is 0 Å². The van der Waals surface area contributed by atoms with Crippen molar-refractivity contribution in [2.24, 2.45) is 0 Å². The van der Waals surface area contributed by atoms with Gasteiger partial charge in [-0.05, 0) is 54.8 Å². The number of hydrogen-bond acceptors (Lipinski definition) is 5. The van der Waals surface area contributed by atoms with Crippen LogP contribution in [-0.2, 0) is 0 Å². The van der Waals surface area contributed by atoms with Crippen molar-refractivity contribution in [1.82, 2.24) is 0 Å². The number of halogens is 2. The molecule has 1 amide bonds. The second kappa shape index (κ2) is 10.7. The molecule has 8 heteroatoms. The first kappa shape index (κ1) is 23.3. The molecule has 2 aromatic rings. The standard InChI is InChI=1S/C22H19Cl2N3O3/c1-2-3-10-22(29,14-26)16(13-25)11-15-4-7-18(8-5-15)30-21(28)27-20-9-6-17(23)12-19(20)24/h4-9,11-12,29H,2-3,10H2,1H3,(H,27,28). The number of ether oxygens (including phenoxy) is 1. The van der Waals surface area contributed by atoms with Gasteiger partial charge in [0.05, 0.1) is 22.4 Å². The molecule has 0 heterocycles. The molecule has 2 N–H and O–H groups in total. The number of unbranched alkanes of at least 4 members (excludes halogenated alkanes) is 1. The summed E-state index contributed by atoms with van der Waals surface area (Å²) in [7, 11) is 0. The number of hydrogen-bond donors (Lipinski definition) is 2. The monoisotopic (exact) mass is 443 g/mol. The van der Waals surface area contributed by atoms with E-state index in [1.165, 1.54) is 24.3 Å². The molecular weight excluding hydrogens is 425 g/mol. The molecule has 0 radical (unpaired) electrons. The summed E-state index contributed by atoms with van der Waals surface area (Å²) in [5.41, 5.74) is -0.947. The van der Waals surface area contributed by atoms with E-state index in [0.29, 0.717) is 22.7 Å². The molecule has 154 valence electrons. The largest absolute Gasteiger partial charge is 0.417 e. The molecule has 6 nitrogen and oxygen atoms in total. The van der Waals surface area contributed by atoms with E-state index in [4.69, 9.17) is 27.9 Å². The maximum absolute atomic E-state index is 12.0. The molecule has 0 saturated carbocycles. The van der Waals surface area contributed by atoms with Crippen molar-refractivity contribution in [2.45, 2.75) is 31.8 Å². The van der Waals surface area contributed by atoms with Crippen molar-refractivity contribution >= 4 is 41.1 Å². The second-order valence-corrected chi connectivity index (χ2v) is 7.30. The van der Waals surface area contributed by atoms with Crippen molar-refractivity contribution in [3.63, 3.8) is 0 Å². The summed E-state index contributed by atoms with van der Waals surface area (Å²) in [5.74, 6) is 0.259. The topological polar surface area (TPSA) is 106 Å². The Morgan fingerprint density at radius 1 is 1.23 bits per heavy atom. The van der Waals surface area contributed by atoms with Crippen LogP contribution in [0.25, 0.3) is 6.08 Å². The van der Waals surface area contributed by atoms with E-state index >= 15 is 0 Å². The first-order valence-corrected chi connectivity index (χ1v) is 9.86. The van der Waals surface area contributed by atoms with Crippen LogP contribution in [0.3, 0.4) is 0 Å². The van der Waals surface area contributed by atoms with Crippen LogP contribution in [0.15, 0.2) is 48.0 Å². The fourth-order valence-electron chi connectivity index (χ4n) is 2.56. The Bertz CT molecular complexity index is 1020. The van der Waals surface area contributed by atoms with Crippen LogP contribution in [0.1, 0.15) is 31.7 Å². The number of benzene rings is 2. The Hall–Kier alpha value is -3.03. The van der Waals surface area contributed by atoms with Crippen LogP contribution in [0, 0.1) is 22.7 Å². The Balaban J connectivity index is 2.10. The zero-order valence-electron chi connectivity index (χ0n) is 16.2. The number of nitriles is 2. The molecule has 0 aliphatic rings. The van der Waals surface area contributed by atoms with Crippen molar-refractivity contribution in [1.29, 1.82) is 10.5 Å². The molecule has 0 bridgehead atoms. The third-order valence-corrected chi connectivity index (χ3v) is 4.76. The van der Waals surface area contributed by atoms with Gasteiger partial charge in [0.15, 0.2) is 5.60 Å². The van der Waals surface area contributed by atoms with Gasteiger partial charge in [-0.1, -0.05) is 48.7 Å². The van der Waals surface area contributed by atoms with Gasteiger partial charge in [-0.25, -0.2) is 4.79 Å². The third-order valence-electron chi connectivity index (χ3n) is 4.21. The molecule has 30 heavy (non-hydrogen) atoms. The van der Waals surface area contributed by atoms with Gasteiger partial charge in [0.1, 0.15) is 11.8 Å². The molecular formula is C22H19Cl2N3O3. The lowest BCUT2D eigenvalue weighted by Crippen LogP contribution is -2.28. The number of nitrogens with one attached hydrogen (secondary N) is 1. The molecule has 2 rings (SSSR count). The van der Waals surface area contributed by atoms with E-state index in [1.807, 2.05) is 19.1 Å². The summed E-state index contributed by atoms with van der Waals surface area (Å²) in [6.45, 7) is 1.93. The molecule has 0 fully saturated rings. The number of nitrogens with zero attached hydrogens (tertiary/aromatic N) is 2. The summed E-state index contributed by atoms with van der Waals surface area (Å²) < 4.78 is 5.20. The Labute approximate surface area is 184 Å². The van der Waals surface area contributed by atoms with Gasteiger partial charge < -0.3 is 9.84 Å². The van der Waals surface area contributed by atoms with E-state index in [1.54, 1.807) is 24.3 Å². The molecule has 0 aliphatic heterocycles. The van der Waals surface area contributed by atoms with Gasteiger partial charge in [0.2, 0.25) is 0 Å². The van der Waals surface area contributed by atoms with Crippen LogP contribution in [0.4, 0.5) is 10.5 Å². The number of carbonyl (C=O) groups is 1. The minimum absolute atomic E-state index is 0.0396. The summed E-state index contributed by atoms with van der Waals surface area (Å²) >= 11 is 11.8. The van der Waals surface area contributed by atoms with E-state index in [9.17, 15) is 20.4 Å². The number of aliphatic hydroxyl groups is 1. The SMILES string of the molecule is CCCCC(O)(C#N)C(C#N)=Cc1ccc(OC(=O)Nc2ccc(Cl)cc2Cl)cc1. The molecule has 0 spiro atoms. The predicted octanol–water partition coefficient (Wildman–Crippen LogP) is 5.96. The minimum atomic E-state index is -1.84. The average Bonchev–Trinajstić information content (AvgIpc) is 2.73. The summed E-state index contributed by atoms with van der Waals surface area (Å²) in [4.78, 5) is 12.0. The Morgan fingerprint density at radius 3 is 2.50 bits per heavy atom. The van der Waals surface area contributed by atoms with Gasteiger partial charge >= 0.3 is 6.09 Å². The van der Waals surface area contributed by atoms with Gasteiger partial charge in [-0.2, -0.15) is 10.5 Å². The fraction of sp³-hybridized carbons (Fsp3) is 0.227. The zero-order valence-corrected chi connectivity index (χ0v) is 17.7. The van der Waals surface area contributed by atoms with Crippen molar-refractivity contribution < 1.29 is 14.6 Å². The lowest BCUT2D eigenvalue weighted by molar-refractivity contribution is 0.130. The Kier molecular flexibility index (Phi) is 8.26. The number of amides is 1. The van der Waals surface area contributed by atoms with Crippen LogP contribution >= 0.6 is 23.2 Å². The zero-order chi connectivity index (χ0) is 22.1. The minimum Gasteiger partial charge on any atom is -0.410 e. The number of carbonyl (C=O) groups excluding carboxylic acids is 1. The van der Waals surface area contributed by atoms with Crippen molar-refractivity contribution in [3.8, 4) is 17.9 Å². The van der Waals surface area contributed by atoms with E-state index < -0.39 is 11.7 Å². The molecule has 0 aliphatic carbocycles. The van der Waals surface area contributed by atoms with Crippen LogP contribution < -0.4 is 10.1 Å². The molecule has 2 aromatic carbocycles.